The Morgan fingerprint density at radius 1 is 1.12 bits per heavy atom. The lowest BCUT2D eigenvalue weighted by Crippen LogP contribution is -2.44. The van der Waals surface area contributed by atoms with Crippen molar-refractivity contribution < 1.29 is 22.7 Å². The van der Waals surface area contributed by atoms with Crippen molar-refractivity contribution in [1.82, 2.24) is 9.97 Å². The number of alkyl halides is 3. The Labute approximate surface area is 238 Å². The summed E-state index contributed by atoms with van der Waals surface area (Å²) in [6.45, 7) is 19.9. The molecule has 40 heavy (non-hydrogen) atoms. The normalized spacial score (nSPS) is 20.4. The quantitative estimate of drug-likeness (QED) is 0.349. The number of pyridine rings is 2. The summed E-state index contributed by atoms with van der Waals surface area (Å²) in [7, 11) is -2.18. The predicted octanol–water partition coefficient (Wildman–Crippen LogP) is 9.30. The highest BCUT2D eigenvalue weighted by molar-refractivity contribution is 6.74. The number of hydrogen-bond acceptors (Lipinski definition) is 4. The first-order valence-electron chi connectivity index (χ1n) is 14.5. The van der Waals surface area contributed by atoms with Crippen molar-refractivity contribution in [3.63, 3.8) is 0 Å². The molecule has 2 aliphatic carbocycles. The number of aliphatic hydroxyl groups excluding tert-OH is 1. The van der Waals surface area contributed by atoms with Gasteiger partial charge in [-0.05, 0) is 78.8 Å². The van der Waals surface area contributed by atoms with E-state index in [4.69, 9.17) is 9.41 Å². The Morgan fingerprint density at radius 2 is 1.80 bits per heavy atom. The average Bonchev–Trinajstić information content (AvgIpc) is 3.35. The van der Waals surface area contributed by atoms with Crippen molar-refractivity contribution in [3.05, 3.63) is 63.7 Å². The van der Waals surface area contributed by atoms with Crippen molar-refractivity contribution >= 4 is 13.9 Å². The number of fused-ring (bicyclic) bond motifs is 1. The topological polar surface area (TPSA) is 55.2 Å². The van der Waals surface area contributed by atoms with Crippen LogP contribution in [0.1, 0.15) is 132 Å². The highest BCUT2D eigenvalue weighted by Crippen LogP contribution is 2.52. The number of halogens is 3. The highest BCUT2D eigenvalue weighted by Gasteiger charge is 2.45. The third kappa shape index (κ3) is 6.09. The molecule has 4 nitrogen and oxygen atoms in total. The number of hydrogen-bond donors (Lipinski definition) is 1. The largest absolute Gasteiger partial charge is 0.433 e. The van der Waals surface area contributed by atoms with Crippen LogP contribution < -0.4 is 0 Å². The molecule has 2 aliphatic rings. The molecule has 0 saturated heterocycles. The summed E-state index contributed by atoms with van der Waals surface area (Å²) in [5.41, 5.74) is 5.08. The zero-order valence-electron chi connectivity index (χ0n) is 25.5. The second-order valence-corrected chi connectivity index (χ2v) is 19.0. The highest BCUT2D eigenvalue weighted by atomic mass is 28.4. The van der Waals surface area contributed by atoms with E-state index in [0.29, 0.717) is 11.1 Å². The van der Waals surface area contributed by atoms with Gasteiger partial charge in [0.1, 0.15) is 11.8 Å². The Kier molecular flexibility index (Phi) is 8.24. The van der Waals surface area contributed by atoms with Gasteiger partial charge in [0.2, 0.25) is 0 Å². The first-order chi connectivity index (χ1) is 18.3. The van der Waals surface area contributed by atoms with Gasteiger partial charge in [-0.2, -0.15) is 13.2 Å². The van der Waals surface area contributed by atoms with Gasteiger partial charge in [-0.15, -0.1) is 0 Å². The summed E-state index contributed by atoms with van der Waals surface area (Å²) in [6.07, 6.45) is 2.04. The van der Waals surface area contributed by atoms with Crippen LogP contribution in [0.15, 0.2) is 24.4 Å². The average molecular weight is 575 g/mol. The number of rotatable bonds is 6. The molecule has 0 radical (unpaired) electrons. The Bertz CT molecular complexity index is 1280. The van der Waals surface area contributed by atoms with E-state index < -0.39 is 26.3 Å². The van der Waals surface area contributed by atoms with Gasteiger partial charge < -0.3 is 9.53 Å². The monoisotopic (exact) mass is 574 g/mol. The van der Waals surface area contributed by atoms with E-state index in [-0.39, 0.29) is 22.5 Å². The molecule has 4 rings (SSSR count). The zero-order valence-corrected chi connectivity index (χ0v) is 26.5. The Morgan fingerprint density at radius 3 is 2.30 bits per heavy atom. The molecule has 2 aromatic rings. The van der Waals surface area contributed by atoms with Crippen LogP contribution >= 0.6 is 0 Å². The van der Waals surface area contributed by atoms with Crippen molar-refractivity contribution in [2.45, 2.75) is 123 Å². The summed E-state index contributed by atoms with van der Waals surface area (Å²) in [5.74, 6) is 0.00269. The maximum Gasteiger partial charge on any atom is 0.433 e. The molecule has 0 bridgehead atoms. The summed E-state index contributed by atoms with van der Waals surface area (Å²) < 4.78 is 46.9. The van der Waals surface area contributed by atoms with Crippen LogP contribution in [-0.4, -0.2) is 23.4 Å². The fourth-order valence-corrected chi connectivity index (χ4v) is 7.06. The second kappa shape index (κ2) is 10.7. The third-order valence-corrected chi connectivity index (χ3v) is 13.4. The van der Waals surface area contributed by atoms with E-state index in [1.807, 2.05) is 0 Å². The molecule has 0 spiro atoms. The molecule has 0 aromatic carbocycles. The van der Waals surface area contributed by atoms with Gasteiger partial charge in [-0.1, -0.05) is 60.6 Å². The third-order valence-electron chi connectivity index (χ3n) is 8.90. The van der Waals surface area contributed by atoms with E-state index in [2.05, 4.69) is 72.6 Å². The molecular weight excluding hydrogens is 529 g/mol. The lowest BCUT2D eigenvalue weighted by molar-refractivity contribution is -0.141. The second-order valence-electron chi connectivity index (χ2n) is 14.2. The summed E-state index contributed by atoms with van der Waals surface area (Å²) in [6, 6.07) is 2.28. The van der Waals surface area contributed by atoms with E-state index in [1.165, 1.54) is 11.6 Å². The van der Waals surface area contributed by atoms with Crippen LogP contribution in [0.4, 0.5) is 13.2 Å². The van der Waals surface area contributed by atoms with Gasteiger partial charge in [-0.25, -0.2) is 0 Å². The lowest BCUT2D eigenvalue weighted by Gasteiger charge is -2.45. The van der Waals surface area contributed by atoms with Gasteiger partial charge in [0, 0.05) is 34.3 Å². The number of nitrogens with zero attached hydrogens (tertiary/aromatic N) is 2. The van der Waals surface area contributed by atoms with Gasteiger partial charge in [0.25, 0.3) is 0 Å². The lowest BCUT2D eigenvalue weighted by atomic mass is 9.71. The molecule has 0 saturated carbocycles. The number of aromatic nitrogens is 2. The fraction of sp³-hybridized carbons (Fsp3) is 0.625. The van der Waals surface area contributed by atoms with Crippen LogP contribution in [0.25, 0.3) is 5.57 Å². The van der Waals surface area contributed by atoms with E-state index in [0.717, 1.165) is 66.9 Å². The summed E-state index contributed by atoms with van der Waals surface area (Å²) in [5, 5.41) is 11.9. The fourth-order valence-electron chi connectivity index (χ4n) is 5.79. The summed E-state index contributed by atoms with van der Waals surface area (Å²) in [4.78, 5) is 8.89. The van der Waals surface area contributed by atoms with Crippen LogP contribution in [0.3, 0.4) is 0 Å². The molecule has 2 heterocycles. The molecule has 1 N–H and O–H groups in total. The molecule has 2 aromatic heterocycles. The number of aliphatic hydroxyl groups is 1. The van der Waals surface area contributed by atoms with Crippen molar-refractivity contribution in [3.8, 4) is 0 Å². The summed E-state index contributed by atoms with van der Waals surface area (Å²) >= 11 is 0. The van der Waals surface area contributed by atoms with Gasteiger partial charge >= 0.3 is 6.18 Å². The predicted molar refractivity (Wildman–Crippen MR) is 157 cm³/mol. The van der Waals surface area contributed by atoms with E-state index in [1.54, 1.807) is 0 Å². The van der Waals surface area contributed by atoms with Crippen LogP contribution in [-0.2, 0) is 17.0 Å². The van der Waals surface area contributed by atoms with Gasteiger partial charge in [-0.3, -0.25) is 9.97 Å². The SMILES string of the molecule is CC(C)c1nc2c(c(C3=CCCC3)c1[C@@H](O)c1ccc(C(F)(F)F)nc1)C(O[Si](C)(C)C(C)(C)C)CC(C)(C)C2. The van der Waals surface area contributed by atoms with Gasteiger partial charge in [0.15, 0.2) is 8.32 Å². The molecule has 2 atom stereocenters. The zero-order chi connectivity index (χ0) is 29.8. The standard InChI is InChI=1S/C32H45F3N2O2Si/c1-19(2)28-27(29(38)21-14-15-24(36-18-21)32(33,34)35)25(20-12-10-11-13-20)26-22(37-28)16-31(6,7)17-23(26)39-40(8,9)30(3,4)5/h12,14-15,18-19,23,29,38H,10-11,13,16-17H2,1-9H3/t23?,29-/m0/s1. The van der Waals surface area contributed by atoms with Crippen molar-refractivity contribution in [1.29, 1.82) is 0 Å². The minimum absolute atomic E-state index is 0.00269. The van der Waals surface area contributed by atoms with Crippen molar-refractivity contribution in [2.75, 3.05) is 0 Å². The molecule has 8 heteroatoms. The Hall–Kier alpha value is -2.03. The first-order valence-corrected chi connectivity index (χ1v) is 17.4. The van der Waals surface area contributed by atoms with Gasteiger partial charge in [0.05, 0.1) is 6.10 Å². The minimum Gasteiger partial charge on any atom is -0.410 e. The van der Waals surface area contributed by atoms with Crippen LogP contribution in [0.2, 0.25) is 18.1 Å². The van der Waals surface area contributed by atoms with Crippen LogP contribution in [0, 0.1) is 5.41 Å². The molecule has 0 aliphatic heterocycles. The molecule has 0 fully saturated rings. The van der Waals surface area contributed by atoms with Crippen LogP contribution in [0.5, 0.6) is 0 Å². The minimum atomic E-state index is -4.54. The van der Waals surface area contributed by atoms with E-state index in [9.17, 15) is 18.3 Å². The molecule has 1 unspecified atom stereocenters. The number of allylic oxidation sites excluding steroid dienone is 2. The van der Waals surface area contributed by atoms with E-state index >= 15 is 0 Å². The molecular formula is C32H45F3N2O2Si. The smallest absolute Gasteiger partial charge is 0.410 e. The Balaban J connectivity index is 1.99. The van der Waals surface area contributed by atoms with Crippen molar-refractivity contribution in [2.24, 2.45) is 5.41 Å². The first kappa shape index (κ1) is 30.9. The maximum atomic E-state index is 13.2. The molecule has 0 amide bonds. The molecule has 220 valence electrons. The maximum absolute atomic E-state index is 13.2.